The predicted octanol–water partition coefficient (Wildman–Crippen LogP) is 3.72. The second-order valence-corrected chi connectivity index (χ2v) is 4.87. The Balaban J connectivity index is 1.95. The van der Waals surface area contributed by atoms with Gasteiger partial charge in [-0.15, -0.1) is 0 Å². The smallest absolute Gasteiger partial charge is 0.137 e. The summed E-state index contributed by atoms with van der Waals surface area (Å²) in [6.45, 7) is 4.17. The summed E-state index contributed by atoms with van der Waals surface area (Å²) in [6, 6.07) is 4.19. The van der Waals surface area contributed by atoms with Gasteiger partial charge < -0.3 is 9.73 Å². The van der Waals surface area contributed by atoms with E-state index in [-0.39, 0.29) is 0 Å². The minimum atomic E-state index is 0.293. The van der Waals surface area contributed by atoms with Gasteiger partial charge >= 0.3 is 0 Å². The van der Waals surface area contributed by atoms with Crippen LogP contribution in [0.4, 0.5) is 5.82 Å². The van der Waals surface area contributed by atoms with Crippen LogP contribution in [0.25, 0.3) is 0 Å². The van der Waals surface area contributed by atoms with Gasteiger partial charge in [-0.1, -0.05) is 18.5 Å². The van der Waals surface area contributed by atoms with E-state index in [0.29, 0.717) is 11.2 Å². The molecule has 0 spiro atoms. The number of aryl methyl sites for hydroxylation is 1. The van der Waals surface area contributed by atoms with E-state index >= 15 is 0 Å². The van der Waals surface area contributed by atoms with E-state index in [9.17, 15) is 0 Å². The van der Waals surface area contributed by atoms with Crippen LogP contribution in [0.1, 0.15) is 31.6 Å². The van der Waals surface area contributed by atoms with Crippen LogP contribution in [0.3, 0.4) is 0 Å². The van der Waals surface area contributed by atoms with Gasteiger partial charge in [-0.05, 0) is 31.9 Å². The Kier molecular flexibility index (Phi) is 4.80. The number of hydrogen-bond donors (Lipinski definition) is 1. The zero-order chi connectivity index (χ0) is 13.7. The maximum Gasteiger partial charge on any atom is 0.137 e. The monoisotopic (exact) mass is 279 g/mol. The third-order valence-electron chi connectivity index (χ3n) is 3.03. The van der Waals surface area contributed by atoms with E-state index < -0.39 is 0 Å². The summed E-state index contributed by atoms with van der Waals surface area (Å²) in [7, 11) is 0. The van der Waals surface area contributed by atoms with Gasteiger partial charge in [0.15, 0.2) is 0 Å². The summed E-state index contributed by atoms with van der Waals surface area (Å²) in [5, 5.41) is 3.91. The maximum absolute atomic E-state index is 6.07. The molecule has 0 aromatic carbocycles. The molecule has 4 nitrogen and oxygen atoms in total. The van der Waals surface area contributed by atoms with Crippen molar-refractivity contribution in [2.24, 2.45) is 0 Å². The molecule has 0 saturated heterocycles. The number of halogens is 1. The molecular weight excluding hydrogens is 262 g/mol. The number of nitrogens with one attached hydrogen (secondary N) is 1. The van der Waals surface area contributed by atoms with Gasteiger partial charge in [0.05, 0.1) is 6.26 Å². The first kappa shape index (κ1) is 13.9. The van der Waals surface area contributed by atoms with E-state index in [4.69, 9.17) is 16.0 Å². The Bertz CT molecular complexity index is 513. The first-order valence-corrected chi connectivity index (χ1v) is 6.86. The largest absolute Gasteiger partial charge is 0.469 e. The number of rotatable bonds is 6. The van der Waals surface area contributed by atoms with Crippen molar-refractivity contribution in [3.05, 3.63) is 41.2 Å². The van der Waals surface area contributed by atoms with Crippen molar-refractivity contribution >= 4 is 17.4 Å². The minimum Gasteiger partial charge on any atom is -0.469 e. The summed E-state index contributed by atoms with van der Waals surface area (Å²) in [5.74, 6) is 1.83. The molecule has 0 aliphatic heterocycles. The summed E-state index contributed by atoms with van der Waals surface area (Å²) < 4.78 is 5.32. The van der Waals surface area contributed by atoms with Crippen molar-refractivity contribution in [2.45, 2.75) is 39.2 Å². The minimum absolute atomic E-state index is 0.293. The average Bonchev–Trinajstić information content (AvgIpc) is 2.90. The predicted molar refractivity (Wildman–Crippen MR) is 76.5 cm³/mol. The fourth-order valence-corrected chi connectivity index (χ4v) is 2.21. The third-order valence-corrected chi connectivity index (χ3v) is 3.36. The summed E-state index contributed by atoms with van der Waals surface area (Å²) in [5.41, 5.74) is 0.967. The summed E-state index contributed by atoms with van der Waals surface area (Å²) in [4.78, 5) is 8.27. The fourth-order valence-electron chi connectivity index (χ4n) is 1.95. The standard InChI is InChI=1S/C14H18ClN3O/c1-3-12-13(15)16-9-17-14(12)18-10(2)6-7-11-5-4-8-19-11/h4-5,8-10H,3,6-7H2,1-2H3,(H,16,17,18). The van der Waals surface area contributed by atoms with Crippen molar-refractivity contribution < 1.29 is 4.42 Å². The van der Waals surface area contributed by atoms with Crippen LogP contribution in [0.2, 0.25) is 5.15 Å². The van der Waals surface area contributed by atoms with E-state index in [0.717, 1.165) is 36.4 Å². The fraction of sp³-hybridized carbons (Fsp3) is 0.429. The lowest BCUT2D eigenvalue weighted by Crippen LogP contribution is -2.18. The third kappa shape index (κ3) is 3.70. The molecule has 0 aliphatic carbocycles. The van der Waals surface area contributed by atoms with Gasteiger partial charge in [-0.2, -0.15) is 0 Å². The molecule has 2 rings (SSSR count). The number of aromatic nitrogens is 2. The molecule has 0 radical (unpaired) electrons. The molecule has 2 heterocycles. The van der Waals surface area contributed by atoms with Gasteiger partial charge in [0.2, 0.25) is 0 Å². The van der Waals surface area contributed by atoms with Crippen LogP contribution < -0.4 is 5.32 Å². The van der Waals surface area contributed by atoms with Crippen molar-refractivity contribution in [1.82, 2.24) is 9.97 Å². The normalized spacial score (nSPS) is 12.4. The van der Waals surface area contributed by atoms with Gasteiger partial charge in [-0.3, -0.25) is 0 Å². The highest BCUT2D eigenvalue weighted by molar-refractivity contribution is 6.30. The molecular formula is C14H18ClN3O. The maximum atomic E-state index is 6.07. The van der Waals surface area contributed by atoms with E-state index in [2.05, 4.69) is 22.2 Å². The lowest BCUT2D eigenvalue weighted by atomic mass is 10.1. The van der Waals surface area contributed by atoms with E-state index in [1.54, 1.807) is 6.26 Å². The Morgan fingerprint density at radius 2 is 2.26 bits per heavy atom. The van der Waals surface area contributed by atoms with Crippen LogP contribution in [0, 0.1) is 0 Å². The number of anilines is 1. The molecule has 0 amide bonds. The zero-order valence-corrected chi connectivity index (χ0v) is 11.9. The lowest BCUT2D eigenvalue weighted by molar-refractivity contribution is 0.494. The van der Waals surface area contributed by atoms with Gasteiger partial charge in [0.1, 0.15) is 23.1 Å². The molecule has 1 N–H and O–H groups in total. The van der Waals surface area contributed by atoms with E-state index in [1.165, 1.54) is 6.33 Å². The van der Waals surface area contributed by atoms with E-state index in [1.807, 2.05) is 19.1 Å². The van der Waals surface area contributed by atoms with Crippen LogP contribution in [-0.4, -0.2) is 16.0 Å². The van der Waals surface area contributed by atoms with Crippen molar-refractivity contribution in [3.8, 4) is 0 Å². The molecule has 0 saturated carbocycles. The van der Waals surface area contributed by atoms with Crippen molar-refractivity contribution in [3.63, 3.8) is 0 Å². The van der Waals surface area contributed by atoms with Crippen LogP contribution in [-0.2, 0) is 12.8 Å². The lowest BCUT2D eigenvalue weighted by Gasteiger charge is -2.16. The molecule has 19 heavy (non-hydrogen) atoms. The number of furan rings is 1. The van der Waals surface area contributed by atoms with Gasteiger partial charge in [-0.25, -0.2) is 9.97 Å². The first-order chi connectivity index (χ1) is 9.20. The second kappa shape index (κ2) is 6.57. The molecule has 0 aliphatic rings. The second-order valence-electron chi connectivity index (χ2n) is 4.51. The highest BCUT2D eigenvalue weighted by Crippen LogP contribution is 2.21. The zero-order valence-electron chi connectivity index (χ0n) is 11.2. The molecule has 1 atom stereocenters. The highest BCUT2D eigenvalue weighted by Gasteiger charge is 2.11. The molecule has 0 fully saturated rings. The molecule has 0 bridgehead atoms. The summed E-state index contributed by atoms with van der Waals surface area (Å²) in [6.07, 6.45) is 5.88. The van der Waals surface area contributed by atoms with Crippen LogP contribution in [0.5, 0.6) is 0 Å². The molecule has 102 valence electrons. The Labute approximate surface area is 118 Å². The van der Waals surface area contributed by atoms with Gasteiger partial charge in [0, 0.05) is 18.0 Å². The quantitative estimate of drug-likeness (QED) is 0.819. The van der Waals surface area contributed by atoms with Crippen LogP contribution in [0.15, 0.2) is 29.1 Å². The number of hydrogen-bond acceptors (Lipinski definition) is 4. The molecule has 1 unspecified atom stereocenters. The molecule has 2 aromatic rings. The average molecular weight is 280 g/mol. The van der Waals surface area contributed by atoms with Crippen molar-refractivity contribution in [2.75, 3.05) is 5.32 Å². The number of nitrogens with zero attached hydrogens (tertiary/aromatic N) is 2. The van der Waals surface area contributed by atoms with Crippen molar-refractivity contribution in [1.29, 1.82) is 0 Å². The Morgan fingerprint density at radius 1 is 1.42 bits per heavy atom. The highest BCUT2D eigenvalue weighted by atomic mass is 35.5. The topological polar surface area (TPSA) is 51.0 Å². The first-order valence-electron chi connectivity index (χ1n) is 6.49. The molecule has 5 heteroatoms. The molecule has 2 aromatic heterocycles. The van der Waals surface area contributed by atoms with Crippen LogP contribution >= 0.6 is 11.6 Å². The SMILES string of the molecule is CCc1c(Cl)ncnc1NC(C)CCc1ccco1. The Morgan fingerprint density at radius 3 is 2.95 bits per heavy atom. The Hall–Kier alpha value is -1.55. The summed E-state index contributed by atoms with van der Waals surface area (Å²) >= 11 is 6.07. The van der Waals surface area contributed by atoms with Gasteiger partial charge in [0.25, 0.3) is 0 Å².